The minimum atomic E-state index is -4.24. The number of rotatable bonds is 4. The van der Waals surface area contributed by atoms with Gasteiger partial charge in [0, 0.05) is 6.07 Å². The third-order valence-electron chi connectivity index (χ3n) is 2.70. The van der Waals surface area contributed by atoms with Crippen molar-refractivity contribution < 1.29 is 22.9 Å². The standard InChI is InChI=1S/C11H13NO6S/c1-11(2,10(13)18-3)19(16,17)9-7-5-4-6-8(9)12(14)15/h4-7H,1-3H3. The fourth-order valence-corrected chi connectivity index (χ4v) is 2.99. The average molecular weight is 287 g/mol. The molecule has 0 fully saturated rings. The van der Waals surface area contributed by atoms with E-state index in [1.54, 1.807) is 0 Å². The minimum Gasteiger partial charge on any atom is -0.468 e. The van der Waals surface area contributed by atoms with Crippen LogP contribution in [-0.2, 0) is 19.4 Å². The Bertz CT molecular complexity index is 620. The molecule has 19 heavy (non-hydrogen) atoms. The van der Waals surface area contributed by atoms with Crippen LogP contribution in [0.3, 0.4) is 0 Å². The summed E-state index contributed by atoms with van der Waals surface area (Å²) < 4.78 is 27.3. The van der Waals surface area contributed by atoms with Crippen LogP contribution in [0.15, 0.2) is 29.2 Å². The first kappa shape index (κ1) is 15.1. The Kier molecular flexibility index (Phi) is 3.94. The summed E-state index contributed by atoms with van der Waals surface area (Å²) >= 11 is 0. The average Bonchev–Trinajstić information content (AvgIpc) is 2.37. The van der Waals surface area contributed by atoms with Crippen LogP contribution in [-0.4, -0.2) is 31.2 Å². The zero-order chi connectivity index (χ0) is 14.8. The molecule has 0 saturated heterocycles. The molecule has 0 bridgehead atoms. The van der Waals surface area contributed by atoms with Gasteiger partial charge in [-0.3, -0.25) is 14.9 Å². The number of esters is 1. The van der Waals surface area contributed by atoms with E-state index in [4.69, 9.17) is 0 Å². The van der Waals surface area contributed by atoms with E-state index in [0.717, 1.165) is 33.1 Å². The molecule has 0 amide bonds. The van der Waals surface area contributed by atoms with E-state index in [2.05, 4.69) is 4.74 Å². The molecule has 0 saturated carbocycles. The highest BCUT2D eigenvalue weighted by Crippen LogP contribution is 2.32. The Morgan fingerprint density at radius 2 is 1.84 bits per heavy atom. The van der Waals surface area contributed by atoms with E-state index in [-0.39, 0.29) is 0 Å². The van der Waals surface area contributed by atoms with E-state index in [1.807, 2.05) is 0 Å². The van der Waals surface area contributed by atoms with Crippen molar-refractivity contribution in [3.63, 3.8) is 0 Å². The van der Waals surface area contributed by atoms with Gasteiger partial charge in [-0.05, 0) is 19.9 Å². The molecular weight excluding hydrogens is 274 g/mol. The summed E-state index contributed by atoms with van der Waals surface area (Å²) in [5.74, 6) is -0.981. The molecule has 8 heteroatoms. The van der Waals surface area contributed by atoms with Crippen molar-refractivity contribution in [3.05, 3.63) is 34.4 Å². The molecule has 1 aromatic carbocycles. The van der Waals surface area contributed by atoms with Crippen LogP contribution >= 0.6 is 0 Å². The second-order valence-electron chi connectivity index (χ2n) is 4.23. The number of nitrogens with zero attached hydrogens (tertiary/aromatic N) is 1. The van der Waals surface area contributed by atoms with Crippen molar-refractivity contribution in [2.45, 2.75) is 23.5 Å². The third kappa shape index (κ3) is 2.43. The van der Waals surface area contributed by atoms with E-state index in [1.165, 1.54) is 12.1 Å². The van der Waals surface area contributed by atoms with Crippen LogP contribution in [0.1, 0.15) is 13.8 Å². The Labute approximate surface area is 110 Å². The van der Waals surface area contributed by atoms with Crippen LogP contribution < -0.4 is 0 Å². The number of nitro benzene ring substituents is 1. The van der Waals surface area contributed by atoms with Gasteiger partial charge in [0.25, 0.3) is 5.69 Å². The van der Waals surface area contributed by atoms with Gasteiger partial charge in [0.05, 0.1) is 12.0 Å². The van der Waals surface area contributed by atoms with E-state index in [0.29, 0.717) is 0 Å². The highest BCUT2D eigenvalue weighted by molar-refractivity contribution is 7.93. The molecule has 0 heterocycles. The smallest absolute Gasteiger partial charge is 0.327 e. The molecule has 0 aliphatic rings. The molecule has 1 aromatic rings. The van der Waals surface area contributed by atoms with Crippen molar-refractivity contribution in [3.8, 4) is 0 Å². The Hall–Kier alpha value is -1.96. The van der Waals surface area contributed by atoms with Crippen LogP contribution in [0, 0.1) is 10.1 Å². The lowest BCUT2D eigenvalue weighted by Crippen LogP contribution is -2.41. The van der Waals surface area contributed by atoms with Gasteiger partial charge in [0.15, 0.2) is 4.75 Å². The maximum absolute atomic E-state index is 12.4. The van der Waals surface area contributed by atoms with Gasteiger partial charge >= 0.3 is 5.97 Å². The molecule has 0 aliphatic heterocycles. The second-order valence-corrected chi connectivity index (χ2v) is 6.70. The molecule has 1 rings (SSSR count). The van der Waals surface area contributed by atoms with Crippen LogP contribution in [0.5, 0.6) is 0 Å². The SMILES string of the molecule is COC(=O)C(C)(C)S(=O)(=O)c1ccccc1[N+](=O)[O-]. The first-order valence-corrected chi connectivity index (χ1v) is 6.71. The van der Waals surface area contributed by atoms with Crippen molar-refractivity contribution in [1.82, 2.24) is 0 Å². The van der Waals surface area contributed by atoms with Crippen LogP contribution in [0.2, 0.25) is 0 Å². The van der Waals surface area contributed by atoms with Crippen molar-refractivity contribution in [2.75, 3.05) is 7.11 Å². The van der Waals surface area contributed by atoms with Gasteiger partial charge in [-0.15, -0.1) is 0 Å². The third-order valence-corrected chi connectivity index (χ3v) is 5.13. The van der Waals surface area contributed by atoms with E-state index in [9.17, 15) is 23.3 Å². The van der Waals surface area contributed by atoms with Crippen LogP contribution in [0.4, 0.5) is 5.69 Å². The maximum atomic E-state index is 12.4. The monoisotopic (exact) mass is 287 g/mol. The predicted molar refractivity (Wildman–Crippen MR) is 66.4 cm³/mol. The molecular formula is C11H13NO6S. The highest BCUT2D eigenvalue weighted by atomic mass is 32.2. The summed E-state index contributed by atoms with van der Waals surface area (Å²) in [5, 5.41) is 10.9. The topological polar surface area (TPSA) is 104 Å². The zero-order valence-electron chi connectivity index (χ0n) is 10.6. The number of carbonyl (C=O) groups excluding carboxylic acids is 1. The number of sulfone groups is 1. The molecule has 0 spiro atoms. The Balaban J connectivity index is 3.53. The van der Waals surface area contributed by atoms with Crippen molar-refractivity contribution in [2.24, 2.45) is 0 Å². The number of methoxy groups -OCH3 is 1. The minimum absolute atomic E-state index is 0.504. The van der Waals surface area contributed by atoms with Gasteiger partial charge in [0.2, 0.25) is 9.84 Å². The summed E-state index contributed by atoms with van der Waals surface area (Å²) in [6.07, 6.45) is 0. The number of nitro groups is 1. The quantitative estimate of drug-likeness (QED) is 0.470. The number of ether oxygens (including phenoxy) is 1. The molecule has 0 atom stereocenters. The second kappa shape index (κ2) is 4.96. The fraction of sp³-hybridized carbons (Fsp3) is 0.364. The number of hydrogen-bond acceptors (Lipinski definition) is 6. The van der Waals surface area contributed by atoms with E-state index >= 15 is 0 Å². The highest BCUT2D eigenvalue weighted by Gasteiger charge is 2.46. The molecule has 0 unspecified atom stereocenters. The molecule has 0 aromatic heterocycles. The molecule has 0 N–H and O–H groups in total. The Morgan fingerprint density at radius 1 is 1.32 bits per heavy atom. The molecule has 7 nitrogen and oxygen atoms in total. The van der Waals surface area contributed by atoms with Crippen LogP contribution in [0.25, 0.3) is 0 Å². The van der Waals surface area contributed by atoms with Gasteiger partial charge in [-0.25, -0.2) is 8.42 Å². The maximum Gasteiger partial charge on any atom is 0.327 e. The summed E-state index contributed by atoms with van der Waals surface area (Å²) in [5.41, 5.74) is -0.570. The van der Waals surface area contributed by atoms with Gasteiger partial charge in [-0.1, -0.05) is 12.1 Å². The lowest BCUT2D eigenvalue weighted by atomic mass is 10.2. The summed E-state index contributed by atoms with van der Waals surface area (Å²) in [4.78, 5) is 21.1. The molecule has 0 aliphatic carbocycles. The first-order chi connectivity index (χ1) is 8.66. The van der Waals surface area contributed by atoms with Gasteiger partial charge < -0.3 is 4.74 Å². The Morgan fingerprint density at radius 3 is 2.32 bits per heavy atom. The van der Waals surface area contributed by atoms with Crippen molar-refractivity contribution in [1.29, 1.82) is 0 Å². The summed E-state index contributed by atoms with van der Waals surface area (Å²) in [7, 11) is -3.19. The number of carbonyl (C=O) groups is 1. The van der Waals surface area contributed by atoms with Gasteiger partial charge in [-0.2, -0.15) is 0 Å². The number of para-hydroxylation sites is 1. The van der Waals surface area contributed by atoms with Gasteiger partial charge in [0.1, 0.15) is 4.90 Å². The van der Waals surface area contributed by atoms with Crippen molar-refractivity contribution >= 4 is 21.5 Å². The first-order valence-electron chi connectivity index (χ1n) is 5.22. The largest absolute Gasteiger partial charge is 0.468 e. The lowest BCUT2D eigenvalue weighted by molar-refractivity contribution is -0.387. The predicted octanol–water partition coefficient (Wildman–Crippen LogP) is 1.32. The molecule has 0 radical (unpaired) electrons. The number of hydrogen-bond donors (Lipinski definition) is 0. The molecule has 104 valence electrons. The normalized spacial score (nSPS) is 11.9. The fourth-order valence-electron chi connectivity index (χ4n) is 1.47. The van der Waals surface area contributed by atoms with E-state index < -0.39 is 36.1 Å². The summed E-state index contributed by atoms with van der Waals surface area (Å²) in [6.45, 7) is 2.29. The zero-order valence-corrected chi connectivity index (χ0v) is 11.4. The summed E-state index contributed by atoms with van der Waals surface area (Å²) in [6, 6.07) is 4.87. The lowest BCUT2D eigenvalue weighted by Gasteiger charge is -2.21. The number of benzene rings is 1.